The molecular weight excluding hydrogens is 288 g/mol. The maximum Gasteiger partial charge on any atom is 0.309 e. The van der Waals surface area contributed by atoms with Crippen LogP contribution in [0.5, 0.6) is 0 Å². The van der Waals surface area contributed by atoms with Crippen LogP contribution in [0.25, 0.3) is 0 Å². The van der Waals surface area contributed by atoms with Crippen LogP contribution in [0.15, 0.2) is 10.2 Å². The molecule has 120 valence electrons. The minimum atomic E-state index is -1.41. The normalized spacial score (nSPS) is 17.0. The van der Waals surface area contributed by atoms with Crippen molar-refractivity contribution in [2.75, 3.05) is 0 Å². The molecule has 2 N–H and O–H groups in total. The average molecular weight is 308 g/mol. The summed E-state index contributed by atoms with van der Waals surface area (Å²) < 4.78 is 0. The van der Waals surface area contributed by atoms with Crippen molar-refractivity contribution in [2.24, 2.45) is 15.6 Å². The van der Waals surface area contributed by atoms with Gasteiger partial charge in [-0.25, -0.2) is 0 Å². The van der Waals surface area contributed by atoms with Crippen molar-refractivity contribution in [2.45, 2.75) is 58.0 Å². The zero-order chi connectivity index (χ0) is 17.6. The van der Waals surface area contributed by atoms with Gasteiger partial charge in [-0.1, -0.05) is 0 Å². The predicted octanol–water partition coefficient (Wildman–Crippen LogP) is 2.37. The lowest BCUT2D eigenvalue weighted by atomic mass is 9.80. The van der Waals surface area contributed by atoms with Crippen molar-refractivity contribution in [3.8, 4) is 12.1 Å². The van der Waals surface area contributed by atoms with Gasteiger partial charge >= 0.3 is 11.9 Å². The van der Waals surface area contributed by atoms with E-state index in [2.05, 4.69) is 10.2 Å². The van der Waals surface area contributed by atoms with E-state index < -0.39 is 28.4 Å². The van der Waals surface area contributed by atoms with Crippen LogP contribution in [0, 0.1) is 28.1 Å². The summed E-state index contributed by atoms with van der Waals surface area (Å²) >= 11 is 0. The molecule has 22 heavy (non-hydrogen) atoms. The highest BCUT2D eigenvalue weighted by Crippen LogP contribution is 2.32. The zero-order valence-electron chi connectivity index (χ0n) is 13.1. The van der Waals surface area contributed by atoms with Crippen LogP contribution >= 0.6 is 0 Å². The summed E-state index contributed by atoms with van der Waals surface area (Å²) in [6.07, 6.45) is -0.394. The maximum atomic E-state index is 11.2. The molecule has 0 aromatic rings. The molecule has 0 amide bonds. The molecule has 0 saturated carbocycles. The summed E-state index contributed by atoms with van der Waals surface area (Å²) in [5, 5.41) is 43.8. The first-order valence-corrected chi connectivity index (χ1v) is 6.61. The number of hydrogen-bond acceptors (Lipinski definition) is 6. The Bertz CT molecular complexity index is 558. The fourth-order valence-electron chi connectivity index (χ4n) is 1.73. The summed E-state index contributed by atoms with van der Waals surface area (Å²) in [6, 6.07) is 3.77. The summed E-state index contributed by atoms with van der Waals surface area (Å²) in [7, 11) is 0. The number of rotatable bonds is 8. The molecule has 0 rings (SSSR count). The molecule has 2 unspecified atom stereocenters. The Morgan fingerprint density at radius 3 is 1.82 bits per heavy atom. The standard InChI is InChI=1S/C14H20N4O4/c1-12(2,11(21)22)7-14(4,9-16)18-17-13(3,8-15)6-5-10(19)20/h5-7H2,1-4H3,(H,19,20)(H,21,22). The molecule has 2 atom stereocenters. The smallest absolute Gasteiger partial charge is 0.309 e. The van der Waals surface area contributed by atoms with Gasteiger partial charge in [0.25, 0.3) is 0 Å². The molecular formula is C14H20N4O4. The van der Waals surface area contributed by atoms with E-state index in [1.807, 2.05) is 12.1 Å². The summed E-state index contributed by atoms with van der Waals surface area (Å²) in [5.74, 6) is -2.13. The van der Waals surface area contributed by atoms with Crippen molar-refractivity contribution in [3.05, 3.63) is 0 Å². The lowest BCUT2D eigenvalue weighted by Crippen LogP contribution is -2.34. The van der Waals surface area contributed by atoms with Gasteiger partial charge in [-0.05, 0) is 34.1 Å². The molecule has 0 radical (unpaired) electrons. The molecule has 0 aliphatic rings. The number of carboxylic acid groups (broad SMARTS) is 2. The van der Waals surface area contributed by atoms with Crippen molar-refractivity contribution in [1.29, 1.82) is 10.5 Å². The fraction of sp³-hybridized carbons (Fsp3) is 0.714. The highest BCUT2D eigenvalue weighted by atomic mass is 16.4. The summed E-state index contributed by atoms with van der Waals surface area (Å²) in [4.78, 5) is 21.7. The quantitative estimate of drug-likeness (QED) is 0.658. The van der Waals surface area contributed by atoms with Crippen LogP contribution in [-0.2, 0) is 9.59 Å². The van der Waals surface area contributed by atoms with E-state index in [9.17, 15) is 14.9 Å². The fourth-order valence-corrected chi connectivity index (χ4v) is 1.73. The second-order valence-corrected chi connectivity index (χ2v) is 6.23. The van der Waals surface area contributed by atoms with Crippen molar-refractivity contribution in [1.82, 2.24) is 0 Å². The van der Waals surface area contributed by atoms with E-state index in [4.69, 9.17) is 15.5 Å². The highest BCUT2D eigenvalue weighted by Gasteiger charge is 2.38. The SMILES string of the molecule is CC(C#N)(CCC(=O)O)N=NC(C)(C#N)CC(C)(C)C(=O)O. The lowest BCUT2D eigenvalue weighted by molar-refractivity contribution is -0.147. The first-order valence-electron chi connectivity index (χ1n) is 6.61. The van der Waals surface area contributed by atoms with Gasteiger partial charge in [0.1, 0.15) is 0 Å². The molecule has 0 aliphatic carbocycles. The van der Waals surface area contributed by atoms with E-state index in [1.165, 1.54) is 27.7 Å². The minimum absolute atomic E-state index is 0.0494. The number of nitrogens with zero attached hydrogens (tertiary/aromatic N) is 4. The number of aliphatic carboxylic acids is 2. The Kier molecular flexibility index (Phi) is 6.20. The number of nitriles is 2. The molecule has 0 saturated heterocycles. The third-order valence-corrected chi connectivity index (χ3v) is 3.16. The molecule has 0 aliphatic heterocycles. The van der Waals surface area contributed by atoms with Crippen LogP contribution in [0.4, 0.5) is 0 Å². The Labute approximate surface area is 129 Å². The largest absolute Gasteiger partial charge is 0.481 e. The Morgan fingerprint density at radius 1 is 1.00 bits per heavy atom. The van der Waals surface area contributed by atoms with Gasteiger partial charge in [0.2, 0.25) is 0 Å². The van der Waals surface area contributed by atoms with Crippen LogP contribution in [0.2, 0.25) is 0 Å². The van der Waals surface area contributed by atoms with Crippen molar-refractivity contribution < 1.29 is 19.8 Å². The molecule has 0 heterocycles. The molecule has 0 aromatic carbocycles. The average Bonchev–Trinajstić information content (AvgIpc) is 2.42. The van der Waals surface area contributed by atoms with Crippen LogP contribution in [0.3, 0.4) is 0 Å². The minimum Gasteiger partial charge on any atom is -0.481 e. The zero-order valence-corrected chi connectivity index (χ0v) is 13.1. The molecule has 8 heteroatoms. The third kappa shape index (κ3) is 5.88. The first kappa shape index (κ1) is 19.5. The maximum absolute atomic E-state index is 11.2. The second kappa shape index (κ2) is 6.99. The van der Waals surface area contributed by atoms with Gasteiger partial charge in [0, 0.05) is 12.8 Å². The molecule has 0 spiro atoms. The monoisotopic (exact) mass is 308 g/mol. The van der Waals surface area contributed by atoms with Gasteiger partial charge in [0.05, 0.1) is 17.6 Å². The lowest BCUT2D eigenvalue weighted by Gasteiger charge is -2.26. The highest BCUT2D eigenvalue weighted by molar-refractivity contribution is 5.73. The van der Waals surface area contributed by atoms with Gasteiger partial charge in [-0.15, -0.1) is 0 Å². The third-order valence-electron chi connectivity index (χ3n) is 3.16. The Morgan fingerprint density at radius 2 is 1.45 bits per heavy atom. The van der Waals surface area contributed by atoms with Crippen molar-refractivity contribution >= 4 is 11.9 Å². The Balaban J connectivity index is 5.27. The van der Waals surface area contributed by atoms with Gasteiger partial charge < -0.3 is 10.2 Å². The van der Waals surface area contributed by atoms with Crippen molar-refractivity contribution in [3.63, 3.8) is 0 Å². The van der Waals surface area contributed by atoms with Crippen LogP contribution < -0.4 is 0 Å². The number of hydrogen-bond donors (Lipinski definition) is 2. The molecule has 0 bridgehead atoms. The van der Waals surface area contributed by atoms with Crippen LogP contribution in [0.1, 0.15) is 47.0 Å². The van der Waals surface area contributed by atoms with E-state index >= 15 is 0 Å². The summed E-state index contributed by atoms with van der Waals surface area (Å²) in [5.41, 5.74) is -3.97. The van der Waals surface area contributed by atoms with Gasteiger partial charge in [-0.3, -0.25) is 9.59 Å². The predicted molar refractivity (Wildman–Crippen MR) is 75.8 cm³/mol. The number of carboxylic acids is 2. The molecule has 0 fully saturated rings. The molecule has 8 nitrogen and oxygen atoms in total. The number of azo groups is 1. The second-order valence-electron chi connectivity index (χ2n) is 6.23. The van der Waals surface area contributed by atoms with E-state index in [1.54, 1.807) is 0 Å². The van der Waals surface area contributed by atoms with E-state index in [0.717, 1.165) is 0 Å². The Hall–Kier alpha value is -2.48. The topological polar surface area (TPSA) is 147 Å². The van der Waals surface area contributed by atoms with E-state index in [0.29, 0.717) is 0 Å². The van der Waals surface area contributed by atoms with E-state index in [-0.39, 0.29) is 19.3 Å². The molecule has 0 aromatic heterocycles. The van der Waals surface area contributed by atoms with Gasteiger partial charge in [-0.2, -0.15) is 20.8 Å². The van der Waals surface area contributed by atoms with Crippen LogP contribution in [-0.4, -0.2) is 33.2 Å². The number of carbonyl (C=O) groups is 2. The summed E-state index contributed by atoms with van der Waals surface area (Å²) in [6.45, 7) is 5.78. The van der Waals surface area contributed by atoms with Gasteiger partial charge in [0.15, 0.2) is 11.1 Å². The first-order chi connectivity index (χ1) is 9.90.